The molecule has 29 heavy (non-hydrogen) atoms. The highest BCUT2D eigenvalue weighted by Crippen LogP contribution is 2.27. The molecule has 0 bridgehead atoms. The summed E-state index contributed by atoms with van der Waals surface area (Å²) in [5.41, 5.74) is 9.64. The van der Waals surface area contributed by atoms with Crippen molar-refractivity contribution in [3.05, 3.63) is 57.7 Å². The average Bonchev–Trinajstić information content (AvgIpc) is 3.25. The zero-order valence-electron chi connectivity index (χ0n) is 16.9. The van der Waals surface area contributed by atoms with Crippen LogP contribution in [0.25, 0.3) is 11.3 Å². The standard InChI is InChI=1S/C21H24N4O3S/c1-13-9-18(19-12-29-15(3)22-19)14(2)25(13)11-21(27)24-23-20(26)10-16-5-7-17(28-4)8-6-16/h5-9,12H,10-11H2,1-4H3,(H,23,26)(H,24,27). The van der Waals surface area contributed by atoms with Crippen molar-refractivity contribution in [3.8, 4) is 17.0 Å². The summed E-state index contributed by atoms with van der Waals surface area (Å²) in [5.74, 6) is 0.145. The Morgan fingerprint density at radius 1 is 1.10 bits per heavy atom. The normalized spacial score (nSPS) is 10.6. The molecule has 3 rings (SSSR count). The Bertz CT molecular complexity index is 1020. The summed E-state index contributed by atoms with van der Waals surface area (Å²) >= 11 is 1.60. The maximum Gasteiger partial charge on any atom is 0.258 e. The number of hydrogen-bond acceptors (Lipinski definition) is 5. The van der Waals surface area contributed by atoms with Gasteiger partial charge >= 0.3 is 0 Å². The fourth-order valence-electron chi connectivity index (χ4n) is 3.09. The number of carbonyl (C=O) groups excluding carboxylic acids is 2. The van der Waals surface area contributed by atoms with Crippen molar-refractivity contribution >= 4 is 23.2 Å². The van der Waals surface area contributed by atoms with Crippen LogP contribution in [0.3, 0.4) is 0 Å². The van der Waals surface area contributed by atoms with E-state index >= 15 is 0 Å². The maximum absolute atomic E-state index is 12.3. The van der Waals surface area contributed by atoms with Crippen LogP contribution >= 0.6 is 11.3 Å². The number of nitrogens with zero attached hydrogens (tertiary/aromatic N) is 2. The van der Waals surface area contributed by atoms with Crippen LogP contribution in [0.1, 0.15) is 22.0 Å². The molecule has 7 nitrogen and oxygen atoms in total. The van der Waals surface area contributed by atoms with Crippen molar-refractivity contribution < 1.29 is 14.3 Å². The first-order valence-electron chi connectivity index (χ1n) is 9.17. The van der Waals surface area contributed by atoms with E-state index in [1.165, 1.54) is 0 Å². The Kier molecular flexibility index (Phi) is 6.33. The lowest BCUT2D eigenvalue weighted by atomic mass is 10.1. The van der Waals surface area contributed by atoms with E-state index in [0.717, 1.165) is 39.0 Å². The quantitative estimate of drug-likeness (QED) is 0.610. The Balaban J connectivity index is 1.56. The van der Waals surface area contributed by atoms with Gasteiger partial charge in [0.2, 0.25) is 5.91 Å². The van der Waals surface area contributed by atoms with Gasteiger partial charge in [0.15, 0.2) is 0 Å². The second kappa shape index (κ2) is 8.91. The fraction of sp³-hybridized carbons (Fsp3) is 0.286. The third-order valence-corrected chi connectivity index (χ3v) is 5.41. The topological polar surface area (TPSA) is 85.3 Å². The van der Waals surface area contributed by atoms with Crippen molar-refractivity contribution in [1.29, 1.82) is 0 Å². The Morgan fingerprint density at radius 2 is 1.79 bits per heavy atom. The number of aryl methyl sites for hydroxylation is 2. The van der Waals surface area contributed by atoms with Crippen LogP contribution in [0, 0.1) is 20.8 Å². The monoisotopic (exact) mass is 412 g/mol. The molecule has 0 radical (unpaired) electrons. The molecule has 152 valence electrons. The number of methoxy groups -OCH3 is 1. The zero-order valence-corrected chi connectivity index (χ0v) is 17.7. The highest BCUT2D eigenvalue weighted by Gasteiger charge is 2.15. The molecule has 0 aliphatic carbocycles. The number of thiazole rings is 1. The summed E-state index contributed by atoms with van der Waals surface area (Å²) in [6, 6.07) is 9.24. The molecule has 8 heteroatoms. The number of aromatic nitrogens is 2. The van der Waals surface area contributed by atoms with Gasteiger partial charge in [0.05, 0.1) is 24.2 Å². The van der Waals surface area contributed by atoms with Crippen molar-refractivity contribution in [1.82, 2.24) is 20.4 Å². The average molecular weight is 413 g/mol. The van der Waals surface area contributed by atoms with E-state index in [2.05, 4.69) is 15.8 Å². The molecular weight excluding hydrogens is 388 g/mol. The van der Waals surface area contributed by atoms with Gasteiger partial charge in [0, 0.05) is 22.3 Å². The molecule has 0 unspecified atom stereocenters. The third kappa shape index (κ3) is 5.03. The summed E-state index contributed by atoms with van der Waals surface area (Å²) in [5, 5.41) is 3.02. The zero-order chi connectivity index (χ0) is 21.0. The highest BCUT2D eigenvalue weighted by molar-refractivity contribution is 7.09. The molecule has 1 aromatic carbocycles. The first-order chi connectivity index (χ1) is 13.9. The molecule has 0 fully saturated rings. The van der Waals surface area contributed by atoms with Gasteiger partial charge in [-0.15, -0.1) is 11.3 Å². The number of benzene rings is 1. The number of hydrogen-bond donors (Lipinski definition) is 2. The Labute approximate surface area is 173 Å². The van der Waals surface area contributed by atoms with E-state index in [1.54, 1.807) is 30.6 Å². The minimum atomic E-state index is -0.295. The molecule has 0 atom stereocenters. The van der Waals surface area contributed by atoms with E-state index < -0.39 is 0 Å². The van der Waals surface area contributed by atoms with Gasteiger partial charge in [-0.1, -0.05) is 12.1 Å². The summed E-state index contributed by atoms with van der Waals surface area (Å²) < 4.78 is 7.01. The summed E-state index contributed by atoms with van der Waals surface area (Å²) in [7, 11) is 1.59. The number of nitrogens with one attached hydrogen (secondary N) is 2. The lowest BCUT2D eigenvalue weighted by Gasteiger charge is -2.11. The number of hydrazine groups is 1. The second-order valence-electron chi connectivity index (χ2n) is 6.74. The van der Waals surface area contributed by atoms with Gasteiger partial charge < -0.3 is 9.30 Å². The second-order valence-corrected chi connectivity index (χ2v) is 7.81. The van der Waals surface area contributed by atoms with Crippen LogP contribution in [0.2, 0.25) is 0 Å². The van der Waals surface area contributed by atoms with Gasteiger partial charge in [-0.25, -0.2) is 4.98 Å². The molecule has 3 aromatic rings. The third-order valence-electron chi connectivity index (χ3n) is 4.64. The summed E-state index contributed by atoms with van der Waals surface area (Å²) in [4.78, 5) is 28.9. The fourth-order valence-corrected chi connectivity index (χ4v) is 3.70. The van der Waals surface area contributed by atoms with Crippen molar-refractivity contribution in [2.45, 2.75) is 33.7 Å². The van der Waals surface area contributed by atoms with E-state index in [0.29, 0.717) is 0 Å². The summed E-state index contributed by atoms with van der Waals surface area (Å²) in [6.45, 7) is 6.00. The molecule has 2 heterocycles. The molecule has 0 saturated heterocycles. The van der Waals surface area contributed by atoms with E-state index in [4.69, 9.17) is 4.74 Å². The number of ether oxygens (including phenoxy) is 1. The van der Waals surface area contributed by atoms with Gasteiger partial charge in [-0.3, -0.25) is 20.4 Å². The van der Waals surface area contributed by atoms with Crippen LogP contribution in [0.15, 0.2) is 35.7 Å². The number of carbonyl (C=O) groups is 2. The van der Waals surface area contributed by atoms with Crippen LogP contribution in [0.5, 0.6) is 5.75 Å². The van der Waals surface area contributed by atoms with Gasteiger partial charge in [0.25, 0.3) is 5.91 Å². The van der Waals surface area contributed by atoms with Gasteiger partial charge in [0.1, 0.15) is 12.3 Å². The van der Waals surface area contributed by atoms with Crippen molar-refractivity contribution in [3.63, 3.8) is 0 Å². The van der Waals surface area contributed by atoms with Crippen LogP contribution in [-0.2, 0) is 22.6 Å². The number of rotatable bonds is 6. The highest BCUT2D eigenvalue weighted by atomic mass is 32.1. The molecular formula is C21H24N4O3S. The minimum absolute atomic E-state index is 0.115. The molecule has 0 aliphatic heterocycles. The first-order valence-corrected chi connectivity index (χ1v) is 10.0. The van der Waals surface area contributed by atoms with E-state index in [-0.39, 0.29) is 24.8 Å². The minimum Gasteiger partial charge on any atom is -0.497 e. The largest absolute Gasteiger partial charge is 0.497 e. The molecule has 0 spiro atoms. The SMILES string of the molecule is COc1ccc(CC(=O)NNC(=O)Cn2c(C)cc(-c3csc(C)n3)c2C)cc1. The molecule has 2 N–H and O–H groups in total. The molecule has 2 amide bonds. The van der Waals surface area contributed by atoms with Crippen LogP contribution < -0.4 is 15.6 Å². The predicted octanol–water partition coefficient (Wildman–Crippen LogP) is 2.94. The summed E-state index contributed by atoms with van der Waals surface area (Å²) in [6.07, 6.45) is 0.166. The van der Waals surface area contributed by atoms with E-state index in [9.17, 15) is 9.59 Å². The predicted molar refractivity (Wildman–Crippen MR) is 113 cm³/mol. The molecule has 0 saturated carbocycles. The Hall–Kier alpha value is -3.13. The number of amides is 2. The van der Waals surface area contributed by atoms with Crippen LogP contribution in [-0.4, -0.2) is 28.5 Å². The van der Waals surface area contributed by atoms with Gasteiger partial charge in [-0.2, -0.15) is 0 Å². The van der Waals surface area contributed by atoms with Crippen molar-refractivity contribution in [2.75, 3.05) is 7.11 Å². The Morgan fingerprint density at radius 3 is 2.41 bits per heavy atom. The van der Waals surface area contributed by atoms with Crippen molar-refractivity contribution in [2.24, 2.45) is 0 Å². The molecule has 0 aliphatic rings. The maximum atomic E-state index is 12.3. The lowest BCUT2D eigenvalue weighted by Crippen LogP contribution is -2.44. The lowest BCUT2D eigenvalue weighted by molar-refractivity contribution is -0.128. The first kappa shape index (κ1) is 20.6. The van der Waals surface area contributed by atoms with Gasteiger partial charge in [-0.05, 0) is 44.5 Å². The molecule has 2 aromatic heterocycles. The smallest absolute Gasteiger partial charge is 0.258 e. The van der Waals surface area contributed by atoms with E-state index in [1.807, 2.05) is 48.9 Å². The van der Waals surface area contributed by atoms with Crippen LogP contribution in [0.4, 0.5) is 0 Å².